The number of nitrogens with zero attached hydrogens (tertiary/aromatic N) is 3. The Morgan fingerprint density at radius 2 is 2.10 bits per heavy atom. The van der Waals surface area contributed by atoms with E-state index in [0.717, 1.165) is 34.9 Å². The monoisotopic (exact) mass is 344 g/mol. The molecule has 0 bridgehead atoms. The Morgan fingerprint density at radius 1 is 1.19 bits per heavy atom. The summed E-state index contributed by atoms with van der Waals surface area (Å²) in [6.07, 6.45) is 4.65. The summed E-state index contributed by atoms with van der Waals surface area (Å²) in [7, 11) is 1.97. The molecule has 21 heavy (non-hydrogen) atoms. The van der Waals surface area contributed by atoms with Crippen LogP contribution in [0.25, 0.3) is 10.9 Å². The van der Waals surface area contributed by atoms with Gasteiger partial charge in [-0.1, -0.05) is 28.1 Å². The van der Waals surface area contributed by atoms with Gasteiger partial charge in [0.15, 0.2) is 0 Å². The Labute approximate surface area is 132 Å². The van der Waals surface area contributed by atoms with Crippen LogP contribution >= 0.6 is 15.9 Å². The summed E-state index contributed by atoms with van der Waals surface area (Å²) in [4.78, 5) is 4.50. The minimum Gasteiger partial charge on any atom is -0.312 e. The van der Waals surface area contributed by atoms with Crippen LogP contribution in [0, 0.1) is 0 Å². The summed E-state index contributed by atoms with van der Waals surface area (Å²) in [5, 5.41) is 8.82. The number of pyridine rings is 1. The number of rotatable bonds is 5. The number of nitrogens with one attached hydrogen (secondary N) is 1. The predicted molar refractivity (Wildman–Crippen MR) is 88.1 cm³/mol. The van der Waals surface area contributed by atoms with Crippen LogP contribution in [0.3, 0.4) is 0 Å². The van der Waals surface area contributed by atoms with Gasteiger partial charge in [0.2, 0.25) is 0 Å². The maximum absolute atomic E-state index is 4.50. The third-order valence-electron chi connectivity index (χ3n) is 3.60. The molecular formula is C16H17BrN4. The molecule has 3 aromatic rings. The molecule has 4 nitrogen and oxygen atoms in total. The van der Waals surface area contributed by atoms with Crippen LogP contribution in [0.2, 0.25) is 0 Å². The summed E-state index contributed by atoms with van der Waals surface area (Å²) in [6.45, 7) is 1.74. The zero-order chi connectivity index (χ0) is 14.7. The van der Waals surface area contributed by atoms with Gasteiger partial charge in [-0.3, -0.25) is 9.67 Å². The summed E-state index contributed by atoms with van der Waals surface area (Å²) in [6, 6.07) is 10.3. The fourth-order valence-electron chi connectivity index (χ4n) is 2.43. The van der Waals surface area contributed by atoms with Crippen LogP contribution in [-0.4, -0.2) is 21.3 Å². The van der Waals surface area contributed by atoms with Crippen LogP contribution in [0.1, 0.15) is 11.3 Å². The van der Waals surface area contributed by atoms with Gasteiger partial charge in [0.05, 0.1) is 5.52 Å². The summed E-state index contributed by atoms with van der Waals surface area (Å²) in [5.41, 5.74) is 3.51. The van der Waals surface area contributed by atoms with Gasteiger partial charge in [0.1, 0.15) is 0 Å². The minimum absolute atomic E-state index is 0.818. The Morgan fingerprint density at radius 3 is 2.90 bits per heavy atom. The molecule has 2 aromatic heterocycles. The molecule has 0 amide bonds. The molecule has 1 aromatic carbocycles. The number of halogens is 1. The van der Waals surface area contributed by atoms with Crippen molar-refractivity contribution >= 4 is 26.8 Å². The highest BCUT2D eigenvalue weighted by molar-refractivity contribution is 9.10. The molecule has 0 aliphatic rings. The molecule has 0 unspecified atom stereocenters. The van der Waals surface area contributed by atoms with Gasteiger partial charge in [0, 0.05) is 54.5 Å². The van der Waals surface area contributed by atoms with Crippen LogP contribution in [0.15, 0.2) is 47.2 Å². The van der Waals surface area contributed by atoms with Crippen molar-refractivity contribution in [2.24, 2.45) is 7.05 Å². The van der Waals surface area contributed by atoms with Gasteiger partial charge >= 0.3 is 0 Å². The fourth-order valence-corrected chi connectivity index (χ4v) is 2.88. The van der Waals surface area contributed by atoms with Gasteiger partial charge < -0.3 is 5.32 Å². The van der Waals surface area contributed by atoms with Crippen molar-refractivity contribution in [1.29, 1.82) is 0 Å². The van der Waals surface area contributed by atoms with Gasteiger partial charge in [0.25, 0.3) is 0 Å². The number of hydrogen-bond donors (Lipinski definition) is 1. The van der Waals surface area contributed by atoms with Gasteiger partial charge in [-0.15, -0.1) is 0 Å². The molecule has 5 heteroatoms. The SMILES string of the molecule is Cn1nccc1CCNCc1ccc(Br)c2cccnc12. The number of benzene rings is 1. The van der Waals surface area contributed by atoms with Crippen molar-refractivity contribution < 1.29 is 0 Å². The van der Waals surface area contributed by atoms with E-state index in [4.69, 9.17) is 0 Å². The largest absolute Gasteiger partial charge is 0.312 e. The van der Waals surface area contributed by atoms with Crippen LogP contribution < -0.4 is 5.32 Å². The van der Waals surface area contributed by atoms with E-state index < -0.39 is 0 Å². The average Bonchev–Trinajstić information content (AvgIpc) is 2.91. The zero-order valence-electron chi connectivity index (χ0n) is 11.9. The minimum atomic E-state index is 0.818. The van der Waals surface area contributed by atoms with E-state index in [0.29, 0.717) is 0 Å². The summed E-state index contributed by atoms with van der Waals surface area (Å²) < 4.78 is 3.00. The van der Waals surface area contributed by atoms with Gasteiger partial charge in [-0.05, 0) is 23.8 Å². The van der Waals surface area contributed by atoms with Gasteiger partial charge in [-0.25, -0.2) is 0 Å². The van der Waals surface area contributed by atoms with E-state index in [9.17, 15) is 0 Å². The standard InChI is InChI=1S/C16H17BrN4/c1-21-13(7-10-20-21)6-9-18-11-12-4-5-15(17)14-3-2-8-19-16(12)14/h2-5,7-8,10,18H,6,9,11H2,1H3. The number of aromatic nitrogens is 3. The Balaban J connectivity index is 1.66. The van der Waals surface area contributed by atoms with E-state index in [-0.39, 0.29) is 0 Å². The lowest BCUT2D eigenvalue weighted by Gasteiger charge is -2.09. The second-order valence-electron chi connectivity index (χ2n) is 4.98. The van der Waals surface area contributed by atoms with Crippen molar-refractivity contribution in [3.8, 4) is 0 Å². The lowest BCUT2D eigenvalue weighted by molar-refractivity contribution is 0.644. The molecule has 3 rings (SSSR count). The molecule has 0 radical (unpaired) electrons. The topological polar surface area (TPSA) is 42.7 Å². The first-order valence-electron chi connectivity index (χ1n) is 6.95. The summed E-state index contributed by atoms with van der Waals surface area (Å²) in [5.74, 6) is 0. The third kappa shape index (κ3) is 3.14. The fraction of sp³-hybridized carbons (Fsp3) is 0.250. The normalized spacial score (nSPS) is 11.1. The van der Waals surface area contributed by atoms with Crippen molar-refractivity contribution in [1.82, 2.24) is 20.1 Å². The van der Waals surface area contributed by atoms with Crippen molar-refractivity contribution in [2.75, 3.05) is 6.54 Å². The third-order valence-corrected chi connectivity index (χ3v) is 4.29. The Hall–Kier alpha value is -1.72. The highest BCUT2D eigenvalue weighted by Gasteiger charge is 2.05. The first-order chi connectivity index (χ1) is 10.3. The lowest BCUT2D eigenvalue weighted by Crippen LogP contribution is -2.18. The second kappa shape index (κ2) is 6.37. The highest BCUT2D eigenvalue weighted by atomic mass is 79.9. The van der Waals surface area contributed by atoms with E-state index in [2.05, 4.69) is 55.6 Å². The molecule has 108 valence electrons. The molecule has 0 aliphatic carbocycles. The highest BCUT2D eigenvalue weighted by Crippen LogP contribution is 2.25. The number of hydrogen-bond acceptors (Lipinski definition) is 3. The molecule has 2 heterocycles. The van der Waals surface area contributed by atoms with Crippen LogP contribution in [0.5, 0.6) is 0 Å². The number of aryl methyl sites for hydroxylation is 1. The molecule has 0 aliphatic heterocycles. The maximum Gasteiger partial charge on any atom is 0.0758 e. The van der Waals surface area contributed by atoms with E-state index in [1.54, 1.807) is 0 Å². The predicted octanol–water partition coefficient (Wildman–Crippen LogP) is 3.06. The molecule has 0 saturated heterocycles. The molecule has 1 N–H and O–H groups in total. The Bertz CT molecular complexity index is 751. The first kappa shape index (κ1) is 14.2. The number of fused-ring (bicyclic) bond motifs is 1. The molecule has 0 saturated carbocycles. The average molecular weight is 345 g/mol. The van der Waals surface area contributed by atoms with Crippen molar-refractivity contribution in [3.63, 3.8) is 0 Å². The van der Waals surface area contributed by atoms with Crippen LogP contribution in [0.4, 0.5) is 0 Å². The quantitative estimate of drug-likeness (QED) is 0.723. The second-order valence-corrected chi connectivity index (χ2v) is 5.83. The smallest absolute Gasteiger partial charge is 0.0758 e. The van der Waals surface area contributed by atoms with E-state index in [1.165, 1.54) is 11.3 Å². The van der Waals surface area contributed by atoms with E-state index >= 15 is 0 Å². The maximum atomic E-state index is 4.50. The molecular weight excluding hydrogens is 328 g/mol. The lowest BCUT2D eigenvalue weighted by atomic mass is 10.1. The molecule has 0 spiro atoms. The van der Waals surface area contributed by atoms with Crippen molar-refractivity contribution in [2.45, 2.75) is 13.0 Å². The van der Waals surface area contributed by atoms with Crippen molar-refractivity contribution in [3.05, 3.63) is 58.5 Å². The van der Waals surface area contributed by atoms with Crippen LogP contribution in [-0.2, 0) is 20.0 Å². The molecule has 0 fully saturated rings. The first-order valence-corrected chi connectivity index (χ1v) is 7.75. The van der Waals surface area contributed by atoms with E-state index in [1.807, 2.05) is 30.2 Å². The zero-order valence-corrected chi connectivity index (χ0v) is 13.5. The van der Waals surface area contributed by atoms with Gasteiger partial charge in [-0.2, -0.15) is 5.10 Å². The molecule has 0 atom stereocenters. The Kier molecular flexibility index (Phi) is 4.31. The summed E-state index contributed by atoms with van der Waals surface area (Å²) >= 11 is 3.58.